The Morgan fingerprint density at radius 2 is 1.84 bits per heavy atom. The lowest BCUT2D eigenvalue weighted by molar-refractivity contribution is 0.0995. The first-order valence-corrected chi connectivity index (χ1v) is 7.91. The van der Waals surface area contributed by atoms with Gasteiger partial charge in [0.2, 0.25) is 0 Å². The zero-order valence-electron chi connectivity index (χ0n) is 14.3. The fourth-order valence-electron chi connectivity index (χ4n) is 2.76. The first-order valence-electron chi connectivity index (χ1n) is 7.91. The van der Waals surface area contributed by atoms with Gasteiger partial charge in [0.25, 0.3) is 11.8 Å². The Balaban J connectivity index is 1.87. The van der Waals surface area contributed by atoms with Gasteiger partial charge in [0.05, 0.1) is 25.5 Å². The quantitative estimate of drug-likeness (QED) is 0.838. The van der Waals surface area contributed by atoms with Gasteiger partial charge >= 0.3 is 0 Å². The molecule has 1 aliphatic carbocycles. The van der Waals surface area contributed by atoms with Crippen LogP contribution in [0.2, 0.25) is 0 Å². The number of ether oxygens (including phenoxy) is 2. The third kappa shape index (κ3) is 3.31. The third-order valence-electron chi connectivity index (χ3n) is 4.36. The van der Waals surface area contributed by atoms with E-state index in [1.165, 1.54) is 26.4 Å². The topological polar surface area (TPSA) is 104 Å². The molecular weight excluding hydrogens is 324 g/mol. The van der Waals surface area contributed by atoms with E-state index in [0.29, 0.717) is 23.3 Å². The first kappa shape index (κ1) is 16.9. The monoisotopic (exact) mass is 344 g/mol. The molecule has 0 spiro atoms. The molecule has 7 heteroatoms. The van der Waals surface area contributed by atoms with E-state index in [9.17, 15) is 9.59 Å². The number of carbonyl (C=O) groups excluding carboxylic acids is 2. The molecule has 2 aromatic rings. The Labute approximate surface area is 145 Å². The van der Waals surface area contributed by atoms with Crippen molar-refractivity contribution < 1.29 is 23.5 Å². The second-order valence-corrected chi connectivity index (χ2v) is 6.09. The van der Waals surface area contributed by atoms with Crippen LogP contribution in [0.25, 0.3) is 0 Å². The highest BCUT2D eigenvalue weighted by molar-refractivity contribution is 6.08. The zero-order valence-corrected chi connectivity index (χ0v) is 14.3. The maximum absolute atomic E-state index is 12.5. The molecule has 1 heterocycles. The molecule has 3 rings (SSSR count). The number of hydrogen-bond donors (Lipinski definition) is 2. The fourth-order valence-corrected chi connectivity index (χ4v) is 2.76. The van der Waals surface area contributed by atoms with Crippen molar-refractivity contribution in [2.45, 2.75) is 19.3 Å². The van der Waals surface area contributed by atoms with Crippen molar-refractivity contribution in [2.75, 3.05) is 19.5 Å². The maximum atomic E-state index is 12.5. The van der Waals surface area contributed by atoms with Gasteiger partial charge in [-0.3, -0.25) is 9.59 Å². The van der Waals surface area contributed by atoms with Gasteiger partial charge in [-0.15, -0.1) is 0 Å². The molecule has 25 heavy (non-hydrogen) atoms. The number of rotatable bonds is 6. The highest BCUT2D eigenvalue weighted by Crippen LogP contribution is 2.47. The van der Waals surface area contributed by atoms with Gasteiger partial charge in [-0.25, -0.2) is 0 Å². The lowest BCUT2D eigenvalue weighted by Crippen LogP contribution is -2.18. The van der Waals surface area contributed by atoms with Crippen LogP contribution >= 0.6 is 0 Å². The van der Waals surface area contributed by atoms with Crippen molar-refractivity contribution in [3.63, 3.8) is 0 Å². The summed E-state index contributed by atoms with van der Waals surface area (Å²) in [6.45, 7) is 2.13. The lowest BCUT2D eigenvalue weighted by Gasteiger charge is -2.13. The van der Waals surface area contributed by atoms with Crippen molar-refractivity contribution in [1.29, 1.82) is 0 Å². The van der Waals surface area contributed by atoms with Crippen molar-refractivity contribution in [1.82, 2.24) is 0 Å². The number of carbonyl (C=O) groups is 2. The Bertz CT molecular complexity index is 827. The van der Waals surface area contributed by atoms with E-state index in [2.05, 4.69) is 12.2 Å². The second kappa shape index (κ2) is 6.51. The van der Waals surface area contributed by atoms with Gasteiger partial charge in [0.1, 0.15) is 5.76 Å². The predicted molar refractivity (Wildman–Crippen MR) is 91.2 cm³/mol. The average molecular weight is 344 g/mol. The molecule has 132 valence electrons. The molecule has 1 fully saturated rings. The summed E-state index contributed by atoms with van der Waals surface area (Å²) in [7, 11) is 2.91. The number of nitrogens with two attached hydrogens (primary N) is 1. The number of amides is 2. The SMILES string of the molecule is COc1cc(NC(=O)c2ccc([C@@H]3C[C@@H]3C)o2)c(C(N)=O)cc1OC. The Morgan fingerprint density at radius 3 is 2.40 bits per heavy atom. The molecular formula is C18H20N2O5. The molecule has 3 N–H and O–H groups in total. The molecule has 1 aliphatic rings. The molecule has 0 aliphatic heterocycles. The van der Waals surface area contributed by atoms with E-state index in [1.807, 2.05) is 6.07 Å². The summed E-state index contributed by atoms with van der Waals surface area (Å²) < 4.78 is 16.0. The summed E-state index contributed by atoms with van der Waals surface area (Å²) in [5.74, 6) is 1.50. The van der Waals surface area contributed by atoms with E-state index in [4.69, 9.17) is 19.6 Å². The highest BCUT2D eigenvalue weighted by atomic mass is 16.5. The van der Waals surface area contributed by atoms with Crippen molar-refractivity contribution in [3.05, 3.63) is 41.3 Å². The number of hydrogen-bond acceptors (Lipinski definition) is 5. The minimum absolute atomic E-state index is 0.119. The van der Waals surface area contributed by atoms with Crippen LogP contribution < -0.4 is 20.5 Å². The number of benzene rings is 1. The third-order valence-corrected chi connectivity index (χ3v) is 4.36. The normalized spacial score (nSPS) is 18.5. The van der Waals surface area contributed by atoms with Gasteiger partial charge in [0, 0.05) is 12.0 Å². The Morgan fingerprint density at radius 1 is 1.20 bits per heavy atom. The molecule has 1 saturated carbocycles. The van der Waals surface area contributed by atoms with Crippen LogP contribution in [0, 0.1) is 5.92 Å². The summed E-state index contributed by atoms with van der Waals surface area (Å²) in [6, 6.07) is 6.35. The molecule has 1 aromatic heterocycles. The number of furan rings is 1. The van der Waals surface area contributed by atoms with Crippen molar-refractivity contribution in [2.24, 2.45) is 11.7 Å². The van der Waals surface area contributed by atoms with Crippen molar-refractivity contribution >= 4 is 17.5 Å². The van der Waals surface area contributed by atoms with E-state index in [-0.39, 0.29) is 17.0 Å². The van der Waals surface area contributed by atoms with Gasteiger partial charge in [-0.05, 0) is 30.5 Å². The maximum Gasteiger partial charge on any atom is 0.291 e. The van der Waals surface area contributed by atoms with Gasteiger partial charge in [-0.1, -0.05) is 6.92 Å². The molecule has 1 aromatic carbocycles. The molecule has 0 radical (unpaired) electrons. The van der Waals surface area contributed by atoms with E-state index in [0.717, 1.165) is 12.2 Å². The van der Waals surface area contributed by atoms with Crippen LogP contribution in [0.1, 0.15) is 45.9 Å². The second-order valence-electron chi connectivity index (χ2n) is 6.09. The number of primary amides is 1. The van der Waals surface area contributed by atoms with Crippen LogP contribution in [0.15, 0.2) is 28.7 Å². The summed E-state index contributed by atoms with van der Waals surface area (Å²) >= 11 is 0. The van der Waals surface area contributed by atoms with Crippen LogP contribution in [-0.4, -0.2) is 26.0 Å². The van der Waals surface area contributed by atoms with E-state index in [1.54, 1.807) is 6.07 Å². The van der Waals surface area contributed by atoms with Gasteiger partial charge < -0.3 is 24.9 Å². The summed E-state index contributed by atoms with van der Waals surface area (Å²) in [6.07, 6.45) is 1.07. The Kier molecular flexibility index (Phi) is 4.39. The van der Waals surface area contributed by atoms with E-state index >= 15 is 0 Å². The highest BCUT2D eigenvalue weighted by Gasteiger charge is 2.37. The van der Waals surface area contributed by atoms with Crippen LogP contribution in [0.3, 0.4) is 0 Å². The summed E-state index contributed by atoms with van der Waals surface area (Å²) in [5.41, 5.74) is 5.75. The molecule has 2 amide bonds. The number of nitrogens with one attached hydrogen (secondary N) is 1. The molecule has 0 bridgehead atoms. The van der Waals surface area contributed by atoms with Crippen LogP contribution in [0.4, 0.5) is 5.69 Å². The van der Waals surface area contributed by atoms with Gasteiger partial charge in [0.15, 0.2) is 17.3 Å². The number of methoxy groups -OCH3 is 2. The predicted octanol–water partition coefficient (Wildman–Crippen LogP) is 2.77. The first-order chi connectivity index (χ1) is 11.9. The fraction of sp³-hybridized carbons (Fsp3) is 0.333. The average Bonchev–Trinajstić information content (AvgIpc) is 3.11. The van der Waals surface area contributed by atoms with Gasteiger partial charge in [-0.2, -0.15) is 0 Å². The zero-order chi connectivity index (χ0) is 18.1. The molecule has 0 unspecified atom stereocenters. The summed E-state index contributed by atoms with van der Waals surface area (Å²) in [4.78, 5) is 24.1. The number of anilines is 1. The smallest absolute Gasteiger partial charge is 0.291 e. The largest absolute Gasteiger partial charge is 0.493 e. The molecule has 2 atom stereocenters. The minimum atomic E-state index is -0.691. The standard InChI is InChI=1S/C18H20N2O5/c1-9-6-10(9)13-4-5-14(25-13)18(22)20-12-8-16(24-3)15(23-2)7-11(12)17(19)21/h4-5,7-10H,6H2,1-3H3,(H2,19,21)(H,20,22)/t9-,10+/m0/s1. The van der Waals surface area contributed by atoms with Crippen LogP contribution in [-0.2, 0) is 0 Å². The molecule has 0 saturated heterocycles. The minimum Gasteiger partial charge on any atom is -0.493 e. The lowest BCUT2D eigenvalue weighted by atomic mass is 10.1. The molecule has 7 nitrogen and oxygen atoms in total. The van der Waals surface area contributed by atoms with E-state index < -0.39 is 11.8 Å². The summed E-state index contributed by atoms with van der Waals surface area (Å²) in [5, 5.41) is 2.65. The van der Waals surface area contributed by atoms with Crippen LogP contribution in [0.5, 0.6) is 11.5 Å². The van der Waals surface area contributed by atoms with Crippen molar-refractivity contribution in [3.8, 4) is 11.5 Å². The Hall–Kier alpha value is -2.96.